The van der Waals surface area contributed by atoms with Crippen molar-refractivity contribution in [3.05, 3.63) is 174 Å². The first-order valence-electron chi connectivity index (χ1n) is 15.7. The van der Waals surface area contributed by atoms with Gasteiger partial charge in [-0.05, 0) is 40.3 Å². The average molecular weight is 639 g/mol. The minimum atomic E-state index is -0.487. The van der Waals surface area contributed by atoms with Gasteiger partial charge in [0.05, 0.1) is 31.2 Å². The molecule has 0 saturated carbocycles. The minimum absolute atomic E-state index is 0.176. The number of ether oxygens (including phenoxy) is 2. The maximum Gasteiger partial charge on any atom is 0.322 e. The van der Waals surface area contributed by atoms with E-state index in [1.165, 1.54) is 16.7 Å². The molecule has 0 atom stereocenters. The first kappa shape index (κ1) is 31.8. The highest BCUT2D eigenvalue weighted by molar-refractivity contribution is 8.00. The third-order valence-electron chi connectivity index (χ3n) is 8.39. The van der Waals surface area contributed by atoms with Gasteiger partial charge in [-0.1, -0.05) is 127 Å². The van der Waals surface area contributed by atoms with Gasteiger partial charge >= 0.3 is 6.03 Å². The third kappa shape index (κ3) is 6.98. The van der Waals surface area contributed by atoms with Crippen molar-refractivity contribution in [2.24, 2.45) is 0 Å². The van der Waals surface area contributed by atoms with E-state index < -0.39 is 4.75 Å². The van der Waals surface area contributed by atoms with Crippen LogP contribution in [0.4, 0.5) is 10.5 Å². The fraction of sp³-hybridized carbons (Fsp3) is 0.146. The number of urea groups is 1. The summed E-state index contributed by atoms with van der Waals surface area (Å²) in [6, 6.07) is 51.5. The van der Waals surface area contributed by atoms with Gasteiger partial charge in [-0.2, -0.15) is 0 Å². The molecule has 2 amide bonds. The Kier molecular flexibility index (Phi) is 10.1. The lowest BCUT2D eigenvalue weighted by Gasteiger charge is -2.36. The Morgan fingerprint density at radius 1 is 0.681 bits per heavy atom. The molecule has 0 saturated heterocycles. The van der Waals surface area contributed by atoms with Crippen molar-refractivity contribution in [2.75, 3.05) is 31.8 Å². The zero-order valence-corrected chi connectivity index (χ0v) is 27.5. The smallest absolute Gasteiger partial charge is 0.322 e. The van der Waals surface area contributed by atoms with Crippen LogP contribution in [0.25, 0.3) is 10.8 Å². The molecule has 47 heavy (non-hydrogen) atoms. The summed E-state index contributed by atoms with van der Waals surface area (Å²) in [7, 11) is 3.27. The van der Waals surface area contributed by atoms with Crippen LogP contribution in [0.15, 0.2) is 152 Å². The lowest BCUT2D eigenvalue weighted by Crippen LogP contribution is -2.37. The molecular formula is C41H38N2O3S. The van der Waals surface area contributed by atoms with E-state index in [-0.39, 0.29) is 6.03 Å². The predicted molar refractivity (Wildman–Crippen MR) is 195 cm³/mol. The summed E-state index contributed by atoms with van der Waals surface area (Å²) in [6.07, 6.45) is 0. The normalized spacial score (nSPS) is 11.2. The molecular weight excluding hydrogens is 601 g/mol. The standard InChI is InChI=1S/C41H38N2O3S/c1-45-36-26-25-32(39(29-36)46-2)30-43(40(44)42-38-24-14-16-31-15-12-13-23-37(31)38)27-28-47-41(33-17-6-3-7-18-33,34-19-8-4-9-20-34)35-21-10-5-11-22-35/h3-26,29H,27-28,30H2,1-2H3,(H,42,44). The monoisotopic (exact) mass is 638 g/mol. The molecule has 6 heteroatoms. The van der Waals surface area contributed by atoms with Crippen molar-refractivity contribution in [1.82, 2.24) is 4.90 Å². The van der Waals surface area contributed by atoms with Gasteiger partial charge in [0.2, 0.25) is 0 Å². The van der Waals surface area contributed by atoms with Crippen LogP contribution >= 0.6 is 11.8 Å². The lowest BCUT2D eigenvalue weighted by atomic mass is 9.84. The topological polar surface area (TPSA) is 50.8 Å². The number of amides is 2. The van der Waals surface area contributed by atoms with Crippen molar-refractivity contribution in [1.29, 1.82) is 0 Å². The van der Waals surface area contributed by atoms with E-state index in [0.29, 0.717) is 30.3 Å². The molecule has 0 spiro atoms. The van der Waals surface area contributed by atoms with Crippen LogP contribution < -0.4 is 14.8 Å². The van der Waals surface area contributed by atoms with Crippen molar-refractivity contribution >= 4 is 34.3 Å². The first-order chi connectivity index (χ1) is 23.1. The molecule has 0 aliphatic carbocycles. The maximum atomic E-state index is 14.2. The molecule has 6 aromatic rings. The average Bonchev–Trinajstić information content (AvgIpc) is 3.14. The molecule has 0 fully saturated rings. The van der Waals surface area contributed by atoms with E-state index in [0.717, 1.165) is 22.0 Å². The molecule has 0 heterocycles. The first-order valence-corrected chi connectivity index (χ1v) is 16.7. The number of methoxy groups -OCH3 is 2. The molecule has 0 bridgehead atoms. The summed E-state index contributed by atoms with van der Waals surface area (Å²) in [5.74, 6) is 2.04. The Balaban J connectivity index is 1.35. The zero-order valence-electron chi connectivity index (χ0n) is 26.6. The largest absolute Gasteiger partial charge is 0.497 e. The van der Waals surface area contributed by atoms with Gasteiger partial charge in [-0.3, -0.25) is 0 Å². The summed E-state index contributed by atoms with van der Waals surface area (Å²) in [5, 5.41) is 5.29. The number of carbonyl (C=O) groups is 1. The van der Waals surface area contributed by atoms with Gasteiger partial charge < -0.3 is 19.7 Å². The van der Waals surface area contributed by atoms with Gasteiger partial charge in [0.1, 0.15) is 11.5 Å². The molecule has 6 rings (SSSR count). The van der Waals surface area contributed by atoms with Crippen LogP contribution in [0.1, 0.15) is 22.3 Å². The number of hydrogen-bond acceptors (Lipinski definition) is 4. The van der Waals surface area contributed by atoms with Crippen LogP contribution in [-0.2, 0) is 11.3 Å². The quantitative estimate of drug-likeness (QED) is 0.136. The van der Waals surface area contributed by atoms with E-state index in [2.05, 4.69) is 108 Å². The fourth-order valence-electron chi connectivity index (χ4n) is 6.05. The number of nitrogens with one attached hydrogen (secondary N) is 1. The Hall–Kier alpha value is -5.20. The number of fused-ring (bicyclic) bond motifs is 1. The Morgan fingerprint density at radius 3 is 1.85 bits per heavy atom. The second-order valence-electron chi connectivity index (χ2n) is 11.2. The Labute approximate surface area is 281 Å². The van der Waals surface area contributed by atoms with Crippen molar-refractivity contribution in [3.63, 3.8) is 0 Å². The van der Waals surface area contributed by atoms with E-state index in [9.17, 15) is 4.79 Å². The van der Waals surface area contributed by atoms with Crippen LogP contribution in [0, 0.1) is 0 Å². The SMILES string of the molecule is COc1ccc(CN(CCSC(c2ccccc2)(c2ccccc2)c2ccccc2)C(=O)Nc2cccc3ccccc23)c(OC)c1. The molecule has 1 N–H and O–H groups in total. The second-order valence-corrected chi connectivity index (χ2v) is 12.5. The highest BCUT2D eigenvalue weighted by Crippen LogP contribution is 2.48. The van der Waals surface area contributed by atoms with Crippen LogP contribution in [0.5, 0.6) is 11.5 Å². The predicted octanol–water partition coefficient (Wildman–Crippen LogP) is 9.62. The number of nitrogens with zero attached hydrogens (tertiary/aromatic N) is 1. The second kappa shape index (κ2) is 14.9. The Morgan fingerprint density at radius 2 is 1.26 bits per heavy atom. The maximum absolute atomic E-state index is 14.2. The number of rotatable bonds is 12. The van der Waals surface area contributed by atoms with E-state index >= 15 is 0 Å². The molecule has 0 unspecified atom stereocenters. The van der Waals surface area contributed by atoms with Crippen molar-refractivity contribution in [3.8, 4) is 11.5 Å². The van der Waals surface area contributed by atoms with Crippen molar-refractivity contribution < 1.29 is 14.3 Å². The molecule has 5 nitrogen and oxygen atoms in total. The molecule has 0 aromatic heterocycles. The number of benzene rings is 6. The summed E-state index contributed by atoms with van der Waals surface area (Å²) < 4.78 is 10.7. The fourth-order valence-corrected chi connectivity index (χ4v) is 7.57. The van der Waals surface area contributed by atoms with Crippen LogP contribution in [0.3, 0.4) is 0 Å². The van der Waals surface area contributed by atoms with Crippen LogP contribution in [-0.4, -0.2) is 37.4 Å². The van der Waals surface area contributed by atoms with E-state index in [4.69, 9.17) is 9.47 Å². The minimum Gasteiger partial charge on any atom is -0.497 e. The number of thioether (sulfide) groups is 1. The number of anilines is 1. The molecule has 236 valence electrons. The van der Waals surface area contributed by atoms with Gasteiger partial charge in [0.15, 0.2) is 0 Å². The van der Waals surface area contributed by atoms with Crippen LogP contribution in [0.2, 0.25) is 0 Å². The lowest BCUT2D eigenvalue weighted by molar-refractivity contribution is 0.212. The third-order valence-corrected chi connectivity index (χ3v) is 9.92. The highest BCUT2D eigenvalue weighted by Gasteiger charge is 2.37. The summed E-state index contributed by atoms with van der Waals surface area (Å²) in [4.78, 5) is 16.1. The molecule has 0 aliphatic heterocycles. The highest BCUT2D eigenvalue weighted by atomic mass is 32.2. The summed E-state index contributed by atoms with van der Waals surface area (Å²) >= 11 is 1.84. The van der Waals surface area contributed by atoms with Crippen molar-refractivity contribution in [2.45, 2.75) is 11.3 Å². The number of hydrogen-bond donors (Lipinski definition) is 1. The summed E-state index contributed by atoms with van der Waals surface area (Å²) in [5.41, 5.74) is 5.23. The van der Waals surface area contributed by atoms with E-state index in [1.54, 1.807) is 14.2 Å². The van der Waals surface area contributed by atoms with Gasteiger partial charge in [-0.25, -0.2) is 4.79 Å². The van der Waals surface area contributed by atoms with Gasteiger partial charge in [0, 0.05) is 29.3 Å². The van der Waals surface area contributed by atoms with Gasteiger partial charge in [0.25, 0.3) is 0 Å². The Bertz CT molecular complexity index is 1810. The molecule has 0 aliphatic rings. The summed E-state index contributed by atoms with van der Waals surface area (Å²) in [6.45, 7) is 0.851. The van der Waals surface area contributed by atoms with Gasteiger partial charge in [-0.15, -0.1) is 11.8 Å². The van der Waals surface area contributed by atoms with E-state index in [1.807, 2.05) is 65.2 Å². The zero-order chi connectivity index (χ0) is 32.5. The number of carbonyl (C=O) groups excluding carboxylic acids is 1. The molecule has 6 aromatic carbocycles. The molecule has 0 radical (unpaired) electrons.